The van der Waals surface area contributed by atoms with Gasteiger partial charge in [0.1, 0.15) is 0 Å². The Balaban J connectivity index is 0.738. The summed E-state index contributed by atoms with van der Waals surface area (Å²) in [5.41, 5.74) is -3.95. The lowest BCUT2D eigenvalue weighted by molar-refractivity contribution is -0.343. The van der Waals surface area contributed by atoms with Crippen LogP contribution in [-0.2, 0) is 39.2 Å². The van der Waals surface area contributed by atoms with Gasteiger partial charge in [0.25, 0.3) is 23.6 Å². The van der Waals surface area contributed by atoms with Crippen molar-refractivity contribution in [3.8, 4) is 44.5 Å². The number of benzene rings is 8. The first-order valence-corrected chi connectivity index (χ1v) is 43.2. The fraction of sp³-hybridized carbons (Fsp3) is 0.341. The van der Waals surface area contributed by atoms with Crippen molar-refractivity contribution in [1.82, 2.24) is 29.0 Å². The molecule has 0 radical (unpaired) electrons. The number of imide groups is 2. The first kappa shape index (κ1) is 109. The van der Waals surface area contributed by atoms with E-state index >= 15 is 0 Å². The quantitative estimate of drug-likeness (QED) is 0.0118. The number of carbonyl (C=O) groups is 12. The average Bonchev–Trinajstić information content (AvgIpc) is 0.708. The van der Waals surface area contributed by atoms with E-state index in [4.69, 9.17) is 0 Å². The normalized spacial score (nSPS) is 14.2. The van der Waals surface area contributed by atoms with Gasteiger partial charge in [0.15, 0.2) is 23.1 Å². The molecular weight excluding hydrogens is 1990 g/mol. The smallest absolute Gasteiger partial charge is 0.306 e. The van der Waals surface area contributed by atoms with E-state index in [1.54, 1.807) is 23.9 Å². The van der Waals surface area contributed by atoms with Gasteiger partial charge in [-0.3, -0.25) is 67.3 Å². The summed E-state index contributed by atoms with van der Waals surface area (Å²) in [5.74, 6) is -75.9. The molecule has 52 heteroatoms. The highest BCUT2D eigenvalue weighted by atomic mass is 32.2. The summed E-state index contributed by atoms with van der Waals surface area (Å²) in [4.78, 5) is 160. The zero-order valence-corrected chi connectivity index (χ0v) is 72.7. The van der Waals surface area contributed by atoms with Gasteiger partial charge in [0.05, 0.1) is 35.5 Å². The molecule has 4 amide bonds. The van der Waals surface area contributed by atoms with E-state index in [1.807, 2.05) is 0 Å². The largest absolute Gasteiger partial charge is 0.460 e. The van der Waals surface area contributed by atoms with Gasteiger partial charge in [-0.15, -0.1) is 0 Å². The molecule has 0 aliphatic carbocycles. The second-order valence-electron chi connectivity index (χ2n) is 31.8. The van der Waals surface area contributed by atoms with E-state index in [1.165, 1.54) is 24.3 Å². The molecule has 8 aromatic carbocycles. The molecule has 2 N–H and O–H groups in total. The molecule has 0 unspecified atom stereocenters. The van der Waals surface area contributed by atoms with Crippen LogP contribution in [0.15, 0.2) is 168 Å². The summed E-state index contributed by atoms with van der Waals surface area (Å²) in [6.07, 6.45) is -36.2. The monoisotopic (exact) mass is 2060 g/mol. The Hall–Kier alpha value is -12.6. The molecule has 0 saturated heterocycles. The molecule has 140 heavy (non-hydrogen) atoms. The standard InChI is InChI=1S/C88H66F28N6O16S2/c1-119(33-3-31-117-139(135,136)53-23-25-55(45-7-15-49(16-8-45)63(123)41-67(127)77(89,90)81(97,98)85(105,106)107)61(39-53)47-11-19-51(20-12-47)65(125)43-69(129)79(93,94)83(101,102)87(111,112)113)35-5-37-121-73(131)57-27-29-59-72-60(30-28-58(71(57)72)74(121)132)76(134)122(75(59)133)38-6-36-120(2)34-4-32-118-140(137,138)54-24-26-56(46-9-17-50(18-10-46)64(124)42-68(128)78(91,92)82(99,100)86(108,109)110)62(40-54)48-13-21-52(22-14-48)66(126)44-70(130)80(95,96)84(103,104)88(114,115)116/h7-30,39-40,117-118H,3-6,31-38,41-44H2,1-2H3. The second-order valence-corrected chi connectivity index (χ2v) is 35.3. The molecule has 2 aliphatic heterocycles. The van der Waals surface area contributed by atoms with Crippen LogP contribution in [0.25, 0.3) is 55.3 Å². The van der Waals surface area contributed by atoms with Gasteiger partial charge in [-0.2, -0.15) is 123 Å². The molecule has 8 aromatic rings. The summed E-state index contributed by atoms with van der Waals surface area (Å²) in [7, 11) is -6.04. The molecule has 2 aliphatic rings. The van der Waals surface area contributed by atoms with Crippen LogP contribution in [0.4, 0.5) is 123 Å². The third-order valence-corrected chi connectivity index (χ3v) is 25.2. The van der Waals surface area contributed by atoms with Gasteiger partial charge in [-0.05, 0) is 159 Å². The Morgan fingerprint density at radius 3 is 0.693 bits per heavy atom. The van der Waals surface area contributed by atoms with Crippen molar-refractivity contribution in [3.63, 3.8) is 0 Å². The van der Waals surface area contributed by atoms with Crippen molar-refractivity contribution in [2.24, 2.45) is 0 Å². The Morgan fingerprint density at radius 2 is 0.479 bits per heavy atom. The highest BCUT2D eigenvalue weighted by molar-refractivity contribution is 7.89. The van der Waals surface area contributed by atoms with Gasteiger partial charge in [0.2, 0.25) is 43.2 Å². The van der Waals surface area contributed by atoms with Gasteiger partial charge in [-0.25, -0.2) is 26.3 Å². The number of hydrogen-bond acceptors (Lipinski definition) is 18. The minimum Gasteiger partial charge on any atom is -0.306 e. The number of halogens is 28. The fourth-order valence-corrected chi connectivity index (χ4v) is 16.6. The van der Waals surface area contributed by atoms with E-state index in [0.29, 0.717) is 0 Å². The van der Waals surface area contributed by atoms with Gasteiger partial charge < -0.3 is 9.80 Å². The third kappa shape index (κ3) is 21.7. The highest BCUT2D eigenvalue weighted by Gasteiger charge is 2.79. The summed E-state index contributed by atoms with van der Waals surface area (Å²) < 4.78 is 436. The number of nitrogens with one attached hydrogen (secondary N) is 2. The maximum absolute atomic E-state index is 14.2. The van der Waals surface area contributed by atoms with E-state index in [0.717, 1.165) is 143 Å². The first-order valence-electron chi connectivity index (χ1n) is 40.3. The zero-order valence-electron chi connectivity index (χ0n) is 71.0. The number of nitrogens with zero attached hydrogens (tertiary/aromatic N) is 4. The van der Waals surface area contributed by atoms with Crippen LogP contribution < -0.4 is 9.44 Å². The number of carbonyl (C=O) groups excluding carboxylic acids is 12. The van der Waals surface area contributed by atoms with Crippen LogP contribution in [0, 0.1) is 0 Å². The Labute approximate surface area is 770 Å². The molecule has 0 spiro atoms. The molecule has 0 bridgehead atoms. The number of amides is 4. The van der Waals surface area contributed by atoms with Crippen molar-refractivity contribution in [3.05, 3.63) is 202 Å². The third-order valence-electron chi connectivity index (χ3n) is 22.3. The lowest BCUT2D eigenvalue weighted by atomic mass is 9.86. The van der Waals surface area contributed by atoms with Crippen LogP contribution >= 0.6 is 0 Å². The molecule has 10 rings (SSSR count). The van der Waals surface area contributed by atoms with Crippen molar-refractivity contribution in [1.29, 1.82) is 0 Å². The van der Waals surface area contributed by atoms with E-state index in [9.17, 15) is 197 Å². The van der Waals surface area contributed by atoms with E-state index in [2.05, 4.69) is 9.44 Å². The molecule has 2 heterocycles. The van der Waals surface area contributed by atoms with Crippen molar-refractivity contribution >= 4 is 101 Å². The number of alkyl halides is 28. The number of sulfonamides is 2. The maximum Gasteiger partial charge on any atom is 0.460 e. The number of Topliss-reactive ketones (excluding diaryl/α,β-unsaturated/α-hetero) is 8. The second kappa shape index (κ2) is 39.9. The lowest BCUT2D eigenvalue weighted by Gasteiger charge is -2.32. The summed E-state index contributed by atoms with van der Waals surface area (Å²) in [5, 5.41) is 0.0141. The van der Waals surface area contributed by atoms with Crippen molar-refractivity contribution in [2.75, 3.05) is 66.5 Å². The van der Waals surface area contributed by atoms with Gasteiger partial charge in [-0.1, -0.05) is 109 Å². The van der Waals surface area contributed by atoms with Crippen molar-refractivity contribution < 1.29 is 197 Å². The SMILES string of the molecule is CN(CCCNS(=O)(=O)c1ccc(-c2ccc(C(=O)CC(=O)C(F)(F)C(F)(F)C(F)(F)F)cc2)c(-c2ccc(C(=O)CC(=O)C(F)(F)C(F)(F)C(F)(F)F)cc2)c1)CCCN1C(=O)c2ccc3c4c(ccc(c24)C1=O)C(=O)N(CCCN(C)CCCNS(=O)(=O)c1ccc(-c2ccc(C(=O)CC(=O)C(F)(F)C(F)(F)C(F)(F)F)cc2)c(-c2ccc(C(=O)CC(=O)C(F)(F)C(F)(F)C(F)(F)F)cc2)c1)C3=O. The van der Waals surface area contributed by atoms with E-state index in [-0.39, 0.29) is 156 Å². The Morgan fingerprint density at radius 1 is 0.279 bits per heavy atom. The minimum absolute atomic E-state index is 0.00703. The zero-order chi connectivity index (χ0) is 105. The maximum atomic E-state index is 14.2. The fourth-order valence-electron chi connectivity index (χ4n) is 14.4. The van der Waals surface area contributed by atoms with E-state index < -0.39 is 220 Å². The molecule has 0 aromatic heterocycles. The van der Waals surface area contributed by atoms with Crippen LogP contribution in [-0.4, -0.2) is 245 Å². The summed E-state index contributed by atoms with van der Waals surface area (Å²) in [6.45, 7) is -0.534. The Kier molecular flexibility index (Phi) is 31.2. The molecule has 0 saturated carbocycles. The van der Waals surface area contributed by atoms with Crippen LogP contribution in [0.3, 0.4) is 0 Å². The lowest BCUT2D eigenvalue weighted by Crippen LogP contribution is -2.56. The topological polar surface area (TPSA) is 310 Å². The highest BCUT2D eigenvalue weighted by Crippen LogP contribution is 2.53. The molecule has 0 fully saturated rings. The van der Waals surface area contributed by atoms with Crippen LogP contribution in [0.1, 0.15) is 134 Å². The van der Waals surface area contributed by atoms with Crippen LogP contribution in [0.5, 0.6) is 0 Å². The predicted octanol–water partition coefficient (Wildman–Crippen LogP) is 18.0. The van der Waals surface area contributed by atoms with Crippen molar-refractivity contribution in [2.45, 2.75) is 133 Å². The number of ketones is 8. The molecule has 0 atom stereocenters. The minimum atomic E-state index is -6.95. The molecule has 22 nitrogen and oxygen atoms in total. The Bertz CT molecular complexity index is 6050. The van der Waals surface area contributed by atoms with Gasteiger partial charge in [0, 0.05) is 81.5 Å². The predicted molar refractivity (Wildman–Crippen MR) is 433 cm³/mol. The number of rotatable bonds is 44. The van der Waals surface area contributed by atoms with Crippen LogP contribution in [0.2, 0.25) is 0 Å². The van der Waals surface area contributed by atoms with Gasteiger partial charge >= 0.3 is 72.1 Å². The number of hydrogen-bond donors (Lipinski definition) is 2. The molecule has 752 valence electrons. The molecular formula is C88H66F28N6O16S2. The summed E-state index contributed by atoms with van der Waals surface area (Å²) in [6, 6.07) is 25.3. The first-order chi connectivity index (χ1) is 64.3. The summed E-state index contributed by atoms with van der Waals surface area (Å²) >= 11 is 0. The average molecular weight is 2060 g/mol.